The van der Waals surface area contributed by atoms with E-state index in [4.69, 9.17) is 0 Å². The van der Waals surface area contributed by atoms with Gasteiger partial charge in [-0.1, -0.05) is 26.3 Å². The summed E-state index contributed by atoms with van der Waals surface area (Å²) in [5, 5.41) is 12.5. The first-order valence-corrected chi connectivity index (χ1v) is 7.46. The molecule has 4 nitrogen and oxygen atoms in total. The molecular weight excluding hydrogens is 293 g/mol. The molecule has 2 N–H and O–H groups in total. The summed E-state index contributed by atoms with van der Waals surface area (Å²) in [4.78, 5) is 23.8. The number of carbonyl (C=O) groups excluding carboxylic acids is 1. The number of benzene rings is 1. The maximum Gasteiger partial charge on any atom is 0.326 e. The van der Waals surface area contributed by atoms with E-state index in [2.05, 4.69) is 5.32 Å². The number of nitrogens with one attached hydrogen (secondary N) is 1. The highest BCUT2D eigenvalue weighted by molar-refractivity contribution is 7.20. The summed E-state index contributed by atoms with van der Waals surface area (Å²) >= 11 is 1.15. The first-order chi connectivity index (χ1) is 9.92. The molecule has 1 unspecified atom stereocenters. The van der Waals surface area contributed by atoms with E-state index >= 15 is 0 Å². The summed E-state index contributed by atoms with van der Waals surface area (Å²) in [6.45, 7) is 3.65. The zero-order valence-electron chi connectivity index (χ0n) is 11.7. The number of halogens is 1. The highest BCUT2D eigenvalue weighted by Crippen LogP contribution is 2.26. The summed E-state index contributed by atoms with van der Waals surface area (Å²) < 4.78 is 13.8. The largest absolute Gasteiger partial charge is 0.480 e. The Morgan fingerprint density at radius 1 is 1.38 bits per heavy atom. The lowest BCUT2D eigenvalue weighted by atomic mass is 9.99. The SMILES string of the molecule is CCC(C)[C@H](NC(=O)c1cc2ccc(F)cc2s1)C(=O)O. The van der Waals surface area contributed by atoms with Crippen molar-refractivity contribution < 1.29 is 19.1 Å². The van der Waals surface area contributed by atoms with Crippen molar-refractivity contribution in [3.63, 3.8) is 0 Å². The number of aliphatic carboxylic acids is 1. The second kappa shape index (κ2) is 6.22. The minimum atomic E-state index is -1.05. The monoisotopic (exact) mass is 309 g/mol. The van der Waals surface area contributed by atoms with Gasteiger partial charge >= 0.3 is 5.97 Å². The number of hydrogen-bond donors (Lipinski definition) is 2. The average Bonchev–Trinajstić information content (AvgIpc) is 2.86. The highest BCUT2D eigenvalue weighted by atomic mass is 32.1. The first-order valence-electron chi connectivity index (χ1n) is 6.65. The van der Waals surface area contributed by atoms with E-state index in [1.54, 1.807) is 19.1 Å². The topological polar surface area (TPSA) is 66.4 Å². The van der Waals surface area contributed by atoms with Gasteiger partial charge in [0.25, 0.3) is 5.91 Å². The highest BCUT2D eigenvalue weighted by Gasteiger charge is 2.26. The van der Waals surface area contributed by atoms with Gasteiger partial charge in [0, 0.05) is 4.70 Å². The molecule has 0 fully saturated rings. The third-order valence-electron chi connectivity index (χ3n) is 3.47. The minimum absolute atomic E-state index is 0.168. The fourth-order valence-electron chi connectivity index (χ4n) is 2.01. The lowest BCUT2D eigenvalue weighted by Gasteiger charge is -2.19. The molecule has 0 bridgehead atoms. The normalized spacial score (nSPS) is 13.9. The van der Waals surface area contributed by atoms with Crippen LogP contribution in [0.1, 0.15) is 29.9 Å². The minimum Gasteiger partial charge on any atom is -0.480 e. The van der Waals surface area contributed by atoms with Crippen LogP contribution in [0.2, 0.25) is 0 Å². The number of carboxylic acid groups (broad SMARTS) is 1. The summed E-state index contributed by atoms with van der Waals surface area (Å²) in [6.07, 6.45) is 0.648. The maximum absolute atomic E-state index is 13.1. The second-order valence-corrected chi connectivity index (χ2v) is 6.05. The fraction of sp³-hybridized carbons (Fsp3) is 0.333. The Hall–Kier alpha value is -1.95. The fourth-order valence-corrected chi connectivity index (χ4v) is 3.00. The molecule has 0 aliphatic carbocycles. The van der Waals surface area contributed by atoms with Crippen molar-refractivity contribution in [1.29, 1.82) is 0 Å². The van der Waals surface area contributed by atoms with E-state index in [9.17, 15) is 19.1 Å². The van der Waals surface area contributed by atoms with Crippen LogP contribution in [0.5, 0.6) is 0 Å². The van der Waals surface area contributed by atoms with Gasteiger partial charge in [-0.05, 0) is 29.5 Å². The number of hydrogen-bond acceptors (Lipinski definition) is 3. The summed E-state index contributed by atoms with van der Waals surface area (Å²) in [5.41, 5.74) is 0. The van der Waals surface area contributed by atoms with E-state index in [0.29, 0.717) is 16.0 Å². The molecule has 1 amide bonds. The van der Waals surface area contributed by atoms with Crippen LogP contribution in [-0.4, -0.2) is 23.0 Å². The molecule has 2 atom stereocenters. The Morgan fingerprint density at radius 3 is 2.71 bits per heavy atom. The molecule has 0 saturated heterocycles. The van der Waals surface area contributed by atoms with Crippen LogP contribution >= 0.6 is 11.3 Å². The molecule has 0 aliphatic heterocycles. The van der Waals surface area contributed by atoms with Crippen molar-refractivity contribution in [3.05, 3.63) is 35.0 Å². The Bertz CT molecular complexity index is 683. The van der Waals surface area contributed by atoms with Crippen molar-refractivity contribution >= 4 is 33.3 Å². The zero-order valence-corrected chi connectivity index (χ0v) is 12.5. The molecule has 6 heteroatoms. The summed E-state index contributed by atoms with van der Waals surface area (Å²) in [6, 6.07) is 5.01. The van der Waals surface area contributed by atoms with E-state index in [-0.39, 0.29) is 11.7 Å². The lowest BCUT2D eigenvalue weighted by Crippen LogP contribution is -2.44. The van der Waals surface area contributed by atoms with Gasteiger partial charge in [-0.15, -0.1) is 11.3 Å². The van der Waals surface area contributed by atoms with Gasteiger partial charge in [0.2, 0.25) is 0 Å². The van der Waals surface area contributed by atoms with Crippen molar-refractivity contribution in [2.75, 3.05) is 0 Å². The predicted molar refractivity (Wildman–Crippen MR) is 80.1 cm³/mol. The van der Waals surface area contributed by atoms with Gasteiger partial charge in [-0.2, -0.15) is 0 Å². The maximum atomic E-state index is 13.1. The standard InChI is InChI=1S/C15H16FNO3S/c1-3-8(2)13(15(19)20)17-14(18)12-6-9-4-5-10(16)7-11(9)21-12/h4-8,13H,3H2,1-2H3,(H,17,18)(H,19,20)/t8?,13-/m0/s1. The van der Waals surface area contributed by atoms with Crippen molar-refractivity contribution in [3.8, 4) is 0 Å². The number of thiophene rings is 1. The molecule has 1 heterocycles. The second-order valence-electron chi connectivity index (χ2n) is 4.97. The van der Waals surface area contributed by atoms with Crippen LogP contribution in [-0.2, 0) is 4.79 Å². The third-order valence-corrected chi connectivity index (χ3v) is 4.57. The Kier molecular flexibility index (Phi) is 4.57. The van der Waals surface area contributed by atoms with Gasteiger partial charge in [-0.3, -0.25) is 4.79 Å². The van der Waals surface area contributed by atoms with Crippen molar-refractivity contribution in [2.45, 2.75) is 26.3 Å². The molecule has 0 spiro atoms. The summed E-state index contributed by atoms with van der Waals surface area (Å²) in [5.74, 6) is -2.02. The smallest absolute Gasteiger partial charge is 0.326 e. The Labute approximate surface area is 125 Å². The van der Waals surface area contributed by atoms with Crippen LogP contribution in [0.25, 0.3) is 10.1 Å². The molecule has 0 saturated carbocycles. The molecule has 112 valence electrons. The zero-order chi connectivity index (χ0) is 15.6. The van der Waals surface area contributed by atoms with E-state index in [1.165, 1.54) is 12.1 Å². The van der Waals surface area contributed by atoms with Crippen LogP contribution in [0.15, 0.2) is 24.3 Å². The van der Waals surface area contributed by atoms with E-state index < -0.39 is 17.9 Å². The van der Waals surface area contributed by atoms with Gasteiger partial charge in [0.05, 0.1) is 4.88 Å². The number of rotatable bonds is 5. The van der Waals surface area contributed by atoms with Crippen LogP contribution in [0.3, 0.4) is 0 Å². The molecule has 2 rings (SSSR count). The predicted octanol–water partition coefficient (Wildman–Crippen LogP) is 3.27. The van der Waals surface area contributed by atoms with Crippen molar-refractivity contribution in [1.82, 2.24) is 5.32 Å². The van der Waals surface area contributed by atoms with Crippen LogP contribution in [0.4, 0.5) is 4.39 Å². The number of carbonyl (C=O) groups is 2. The van der Waals surface area contributed by atoms with Gasteiger partial charge in [0.15, 0.2) is 0 Å². The molecule has 1 aromatic heterocycles. The molecule has 1 aromatic carbocycles. The molecule has 2 aromatic rings. The molecule has 21 heavy (non-hydrogen) atoms. The average molecular weight is 309 g/mol. The quantitative estimate of drug-likeness (QED) is 0.891. The number of amides is 1. The number of carboxylic acids is 1. The molecule has 0 radical (unpaired) electrons. The third kappa shape index (κ3) is 3.39. The Balaban J connectivity index is 2.23. The molecule has 0 aliphatic rings. The first kappa shape index (κ1) is 15.4. The Morgan fingerprint density at radius 2 is 2.10 bits per heavy atom. The molecular formula is C15H16FNO3S. The van der Waals surface area contributed by atoms with Gasteiger partial charge < -0.3 is 10.4 Å². The van der Waals surface area contributed by atoms with Gasteiger partial charge in [0.1, 0.15) is 11.9 Å². The lowest BCUT2D eigenvalue weighted by molar-refractivity contribution is -0.140. The van der Waals surface area contributed by atoms with Crippen LogP contribution in [0, 0.1) is 11.7 Å². The van der Waals surface area contributed by atoms with E-state index in [1.807, 2.05) is 6.92 Å². The van der Waals surface area contributed by atoms with E-state index in [0.717, 1.165) is 16.7 Å². The van der Waals surface area contributed by atoms with Crippen LogP contribution < -0.4 is 5.32 Å². The number of fused-ring (bicyclic) bond motifs is 1. The van der Waals surface area contributed by atoms with Gasteiger partial charge in [-0.25, -0.2) is 9.18 Å². The summed E-state index contributed by atoms with van der Waals surface area (Å²) in [7, 11) is 0. The van der Waals surface area contributed by atoms with Crippen molar-refractivity contribution in [2.24, 2.45) is 5.92 Å².